The molecule has 0 bridgehead atoms. The van der Waals surface area contributed by atoms with E-state index in [9.17, 15) is 19.5 Å². The Morgan fingerprint density at radius 1 is 1.08 bits per heavy atom. The molecule has 192 valence electrons. The summed E-state index contributed by atoms with van der Waals surface area (Å²) in [6.07, 6.45) is 6.77. The summed E-state index contributed by atoms with van der Waals surface area (Å²) in [6, 6.07) is 15.1. The largest absolute Gasteiger partial charge is 0.508 e. The first-order valence-corrected chi connectivity index (χ1v) is 11.9. The molecule has 0 heterocycles. The quantitative estimate of drug-likeness (QED) is 0.264. The fraction of sp³-hybridized carbons (Fsp3) is 0.393. The van der Waals surface area contributed by atoms with E-state index in [-0.39, 0.29) is 12.2 Å². The number of hydrogen-bond donors (Lipinski definition) is 3. The molecule has 0 fully saturated rings. The van der Waals surface area contributed by atoms with Crippen molar-refractivity contribution < 1.29 is 24.2 Å². The molecule has 2 unspecified atom stereocenters. The Balaban J connectivity index is 2.42. The molecule has 2 atom stereocenters. The van der Waals surface area contributed by atoms with Crippen molar-refractivity contribution in [3.05, 3.63) is 65.7 Å². The SMILES string of the molecule is C#CN(C(=O)C(Cc1ccccc1)NC(=O)OC(C)(C)C)C(C(=O)NCCCC)c1ccc(O)cc1. The molecule has 0 saturated carbocycles. The van der Waals surface area contributed by atoms with Gasteiger partial charge in [0.05, 0.1) is 0 Å². The van der Waals surface area contributed by atoms with Gasteiger partial charge in [0, 0.05) is 19.0 Å². The number of carbonyl (C=O) groups excluding carboxylic acids is 3. The van der Waals surface area contributed by atoms with Gasteiger partial charge in [-0.3, -0.25) is 14.5 Å². The minimum Gasteiger partial charge on any atom is -0.508 e. The molecule has 0 aromatic heterocycles. The van der Waals surface area contributed by atoms with E-state index in [1.54, 1.807) is 20.8 Å². The van der Waals surface area contributed by atoms with Gasteiger partial charge >= 0.3 is 6.09 Å². The normalized spacial score (nSPS) is 12.5. The number of ether oxygens (including phenoxy) is 1. The van der Waals surface area contributed by atoms with Crippen LogP contribution < -0.4 is 10.6 Å². The van der Waals surface area contributed by atoms with E-state index >= 15 is 0 Å². The van der Waals surface area contributed by atoms with Crippen LogP contribution in [0, 0.1) is 12.5 Å². The van der Waals surface area contributed by atoms with Crippen LogP contribution in [0.2, 0.25) is 0 Å². The molecule has 0 spiro atoms. The molecule has 2 aromatic carbocycles. The van der Waals surface area contributed by atoms with Gasteiger partial charge in [-0.2, -0.15) is 0 Å². The number of phenols is 1. The lowest BCUT2D eigenvalue weighted by Gasteiger charge is -2.30. The van der Waals surface area contributed by atoms with E-state index in [0.717, 1.165) is 23.3 Å². The summed E-state index contributed by atoms with van der Waals surface area (Å²) in [4.78, 5) is 40.6. The van der Waals surface area contributed by atoms with Crippen molar-refractivity contribution in [3.8, 4) is 18.2 Å². The predicted molar refractivity (Wildman–Crippen MR) is 138 cm³/mol. The van der Waals surface area contributed by atoms with E-state index in [1.807, 2.05) is 37.3 Å². The number of aromatic hydroxyl groups is 1. The zero-order chi connectivity index (χ0) is 26.7. The molecule has 0 radical (unpaired) electrons. The first-order valence-electron chi connectivity index (χ1n) is 11.9. The number of amides is 3. The molecule has 8 nitrogen and oxygen atoms in total. The molecule has 3 N–H and O–H groups in total. The van der Waals surface area contributed by atoms with Crippen LogP contribution in [0.15, 0.2) is 54.6 Å². The van der Waals surface area contributed by atoms with Crippen molar-refractivity contribution >= 4 is 17.9 Å². The summed E-state index contributed by atoms with van der Waals surface area (Å²) in [5.41, 5.74) is 0.436. The van der Waals surface area contributed by atoms with Crippen LogP contribution in [0.25, 0.3) is 0 Å². The van der Waals surface area contributed by atoms with Crippen LogP contribution in [0.5, 0.6) is 5.75 Å². The fourth-order valence-corrected chi connectivity index (χ4v) is 3.49. The first-order chi connectivity index (χ1) is 17.1. The highest BCUT2D eigenvalue weighted by Crippen LogP contribution is 2.24. The van der Waals surface area contributed by atoms with Crippen LogP contribution in [-0.2, 0) is 20.7 Å². The smallest absolute Gasteiger partial charge is 0.408 e. The summed E-state index contributed by atoms with van der Waals surface area (Å²) in [5.74, 6) is -1.09. The Bertz CT molecular complexity index is 1060. The van der Waals surface area contributed by atoms with Gasteiger partial charge in [-0.25, -0.2) is 4.79 Å². The lowest BCUT2D eigenvalue weighted by Crippen LogP contribution is -2.52. The van der Waals surface area contributed by atoms with Crippen LogP contribution in [0.4, 0.5) is 4.79 Å². The van der Waals surface area contributed by atoms with E-state index in [1.165, 1.54) is 24.3 Å². The van der Waals surface area contributed by atoms with Crippen molar-refractivity contribution in [3.63, 3.8) is 0 Å². The van der Waals surface area contributed by atoms with Crippen LogP contribution >= 0.6 is 0 Å². The van der Waals surface area contributed by atoms with Crippen LogP contribution in [0.1, 0.15) is 57.7 Å². The second kappa shape index (κ2) is 13.2. The maximum absolute atomic E-state index is 13.8. The summed E-state index contributed by atoms with van der Waals surface area (Å²) >= 11 is 0. The highest BCUT2D eigenvalue weighted by atomic mass is 16.6. The first kappa shape index (κ1) is 28.2. The summed E-state index contributed by atoms with van der Waals surface area (Å²) < 4.78 is 5.36. The number of unbranched alkanes of at least 4 members (excludes halogenated alkanes) is 1. The molecular formula is C28H35N3O5. The summed E-state index contributed by atoms with van der Waals surface area (Å²) in [7, 11) is 0. The van der Waals surface area contributed by atoms with E-state index in [2.05, 4.69) is 16.7 Å². The number of nitrogens with one attached hydrogen (secondary N) is 2. The topological polar surface area (TPSA) is 108 Å². The van der Waals surface area contributed by atoms with Gasteiger partial charge in [-0.05, 0) is 50.5 Å². The summed E-state index contributed by atoms with van der Waals surface area (Å²) in [6.45, 7) is 7.57. The average Bonchev–Trinajstić information content (AvgIpc) is 2.82. The number of benzene rings is 2. The molecule has 0 aliphatic carbocycles. The highest BCUT2D eigenvalue weighted by Gasteiger charge is 2.36. The Morgan fingerprint density at radius 2 is 1.72 bits per heavy atom. The minimum atomic E-state index is -1.17. The lowest BCUT2D eigenvalue weighted by molar-refractivity contribution is -0.138. The molecule has 36 heavy (non-hydrogen) atoms. The fourth-order valence-electron chi connectivity index (χ4n) is 3.49. The zero-order valence-electron chi connectivity index (χ0n) is 21.3. The molecule has 0 saturated heterocycles. The van der Waals surface area contributed by atoms with Crippen molar-refractivity contribution in [2.24, 2.45) is 0 Å². The average molecular weight is 494 g/mol. The highest BCUT2D eigenvalue weighted by molar-refractivity contribution is 5.93. The third kappa shape index (κ3) is 8.66. The van der Waals surface area contributed by atoms with Crippen molar-refractivity contribution in [2.75, 3.05) is 6.54 Å². The van der Waals surface area contributed by atoms with Crippen molar-refractivity contribution in [2.45, 2.75) is 64.6 Å². The second-order valence-corrected chi connectivity index (χ2v) is 9.36. The van der Waals surface area contributed by atoms with Crippen LogP contribution in [0.3, 0.4) is 0 Å². The van der Waals surface area contributed by atoms with E-state index < -0.39 is 35.6 Å². The van der Waals surface area contributed by atoms with Gasteiger partial charge in [-0.15, -0.1) is 0 Å². The Labute approximate surface area is 213 Å². The Kier molecular flexibility index (Phi) is 10.4. The number of rotatable bonds is 10. The third-order valence-electron chi connectivity index (χ3n) is 5.19. The number of terminal acetylenes is 1. The Hall–Kier alpha value is -3.99. The Morgan fingerprint density at radius 3 is 2.28 bits per heavy atom. The molecule has 0 aliphatic rings. The van der Waals surface area contributed by atoms with Crippen molar-refractivity contribution in [1.82, 2.24) is 15.5 Å². The molecule has 2 rings (SSSR count). The number of carbonyl (C=O) groups is 3. The molecular weight excluding hydrogens is 458 g/mol. The van der Waals surface area contributed by atoms with Gasteiger partial charge in [0.2, 0.25) is 5.91 Å². The van der Waals surface area contributed by atoms with Crippen molar-refractivity contribution in [1.29, 1.82) is 0 Å². The number of hydrogen-bond acceptors (Lipinski definition) is 5. The monoisotopic (exact) mass is 493 g/mol. The zero-order valence-corrected chi connectivity index (χ0v) is 21.3. The van der Waals surface area contributed by atoms with Gasteiger partial charge in [-0.1, -0.05) is 62.2 Å². The lowest BCUT2D eigenvalue weighted by atomic mass is 10.0. The van der Waals surface area contributed by atoms with Crippen LogP contribution in [-0.4, -0.2) is 46.1 Å². The van der Waals surface area contributed by atoms with Gasteiger partial charge < -0.3 is 20.5 Å². The molecule has 0 aliphatic heterocycles. The number of phenolic OH excluding ortho intramolecular Hbond substituents is 1. The standard InChI is InChI=1S/C28H35N3O5/c1-6-8-18-29-25(33)24(21-14-16-22(32)17-15-21)31(7-2)26(34)23(19-20-12-10-9-11-13-20)30-27(35)36-28(3,4)5/h2,9-17,23-24,32H,6,8,18-19H2,1,3-5H3,(H,29,33)(H,30,35). The summed E-state index contributed by atoms with van der Waals surface area (Å²) in [5, 5.41) is 15.2. The van der Waals surface area contributed by atoms with E-state index in [0.29, 0.717) is 12.1 Å². The second-order valence-electron chi connectivity index (χ2n) is 9.36. The van der Waals surface area contributed by atoms with Gasteiger partial charge in [0.15, 0.2) is 0 Å². The number of nitrogens with zero attached hydrogens (tertiary/aromatic N) is 1. The van der Waals surface area contributed by atoms with Gasteiger partial charge in [0.25, 0.3) is 5.91 Å². The molecule has 8 heteroatoms. The van der Waals surface area contributed by atoms with E-state index in [4.69, 9.17) is 11.2 Å². The molecule has 3 amide bonds. The number of alkyl carbamates (subject to hydrolysis) is 1. The molecule has 2 aromatic rings. The minimum absolute atomic E-state index is 0.0102. The predicted octanol–water partition coefficient (Wildman–Crippen LogP) is 3.90. The maximum atomic E-state index is 13.8. The maximum Gasteiger partial charge on any atom is 0.408 e. The third-order valence-corrected chi connectivity index (χ3v) is 5.19. The van der Waals surface area contributed by atoms with Gasteiger partial charge in [0.1, 0.15) is 23.4 Å².